The zero-order valence-electron chi connectivity index (χ0n) is 8.92. The van der Waals surface area contributed by atoms with Crippen LogP contribution in [-0.2, 0) is 11.2 Å². The van der Waals surface area contributed by atoms with Crippen molar-refractivity contribution in [3.63, 3.8) is 0 Å². The lowest BCUT2D eigenvalue weighted by Gasteiger charge is -2.35. The first kappa shape index (κ1) is 11.1. The smallest absolute Gasteiger partial charge is 0.0649 e. The fraction of sp³-hybridized carbons (Fsp3) is 0.500. The number of halogens is 1. The molecule has 1 aromatic carbocycles. The Morgan fingerprint density at radius 2 is 2.27 bits per heavy atom. The van der Waals surface area contributed by atoms with Crippen molar-refractivity contribution in [2.75, 3.05) is 19.8 Å². The first-order chi connectivity index (χ1) is 7.20. The number of nitrogens with one attached hydrogen (secondary N) is 1. The van der Waals surface area contributed by atoms with E-state index in [0.29, 0.717) is 0 Å². The Hall–Kier alpha value is -0.380. The summed E-state index contributed by atoms with van der Waals surface area (Å²) in [7, 11) is 0. The molecule has 0 saturated carbocycles. The van der Waals surface area contributed by atoms with Gasteiger partial charge in [0, 0.05) is 16.6 Å². The van der Waals surface area contributed by atoms with E-state index in [4.69, 9.17) is 4.74 Å². The average Bonchev–Trinajstić information content (AvgIpc) is 2.22. The van der Waals surface area contributed by atoms with Gasteiger partial charge in [-0.15, -0.1) is 0 Å². The monoisotopic (exact) mass is 269 g/mol. The highest BCUT2D eigenvalue weighted by Crippen LogP contribution is 2.22. The van der Waals surface area contributed by atoms with Gasteiger partial charge in [-0.2, -0.15) is 0 Å². The van der Waals surface area contributed by atoms with Gasteiger partial charge in [0.25, 0.3) is 0 Å². The minimum Gasteiger partial charge on any atom is -0.378 e. The average molecular weight is 270 g/mol. The van der Waals surface area contributed by atoms with Gasteiger partial charge >= 0.3 is 0 Å². The van der Waals surface area contributed by atoms with Gasteiger partial charge in [-0.25, -0.2) is 0 Å². The summed E-state index contributed by atoms with van der Waals surface area (Å²) in [4.78, 5) is 0. The molecule has 15 heavy (non-hydrogen) atoms. The second-order valence-corrected chi connectivity index (χ2v) is 5.16. The van der Waals surface area contributed by atoms with E-state index in [9.17, 15) is 0 Å². The van der Waals surface area contributed by atoms with Gasteiger partial charge in [0.05, 0.1) is 13.2 Å². The number of hydrogen-bond acceptors (Lipinski definition) is 2. The molecular formula is C12H16BrNO. The molecule has 1 atom stereocenters. The molecule has 1 unspecified atom stereocenters. The Bertz CT molecular complexity index is 334. The van der Waals surface area contributed by atoms with Crippen LogP contribution in [0.15, 0.2) is 28.7 Å². The van der Waals surface area contributed by atoms with Crippen LogP contribution in [-0.4, -0.2) is 25.3 Å². The summed E-state index contributed by atoms with van der Waals surface area (Å²) < 4.78 is 6.70. The second kappa shape index (κ2) is 4.64. The van der Waals surface area contributed by atoms with Crippen molar-refractivity contribution < 1.29 is 4.74 Å². The second-order valence-electron chi connectivity index (χ2n) is 4.31. The van der Waals surface area contributed by atoms with Gasteiger partial charge in [-0.05, 0) is 25.0 Å². The van der Waals surface area contributed by atoms with Crippen molar-refractivity contribution in [1.29, 1.82) is 0 Å². The first-order valence-corrected chi connectivity index (χ1v) is 6.05. The molecule has 0 bridgehead atoms. The predicted octanol–water partition coefficient (Wildman–Crippen LogP) is 2.37. The highest BCUT2D eigenvalue weighted by atomic mass is 79.9. The van der Waals surface area contributed by atoms with Crippen LogP contribution in [0.3, 0.4) is 0 Å². The molecule has 1 aliphatic rings. The molecule has 3 heteroatoms. The maximum absolute atomic E-state index is 5.52. The van der Waals surface area contributed by atoms with Crippen molar-refractivity contribution in [2.24, 2.45) is 0 Å². The maximum atomic E-state index is 5.52. The molecule has 2 nitrogen and oxygen atoms in total. The SMILES string of the molecule is CC1(Cc2ccccc2Br)COCCN1. The molecule has 0 amide bonds. The van der Waals surface area contributed by atoms with Gasteiger partial charge in [-0.3, -0.25) is 0 Å². The molecular weight excluding hydrogens is 254 g/mol. The topological polar surface area (TPSA) is 21.3 Å². The Morgan fingerprint density at radius 3 is 2.93 bits per heavy atom. The fourth-order valence-electron chi connectivity index (χ4n) is 1.95. The van der Waals surface area contributed by atoms with E-state index in [1.54, 1.807) is 0 Å². The summed E-state index contributed by atoms with van der Waals surface area (Å²) in [6, 6.07) is 8.36. The zero-order valence-corrected chi connectivity index (χ0v) is 10.5. The summed E-state index contributed by atoms with van der Waals surface area (Å²) in [5.41, 5.74) is 1.40. The Labute approximate surface area is 99.1 Å². The van der Waals surface area contributed by atoms with Crippen molar-refractivity contribution in [2.45, 2.75) is 18.9 Å². The molecule has 0 radical (unpaired) electrons. The third-order valence-electron chi connectivity index (χ3n) is 2.76. The van der Waals surface area contributed by atoms with Crippen LogP contribution in [0.2, 0.25) is 0 Å². The molecule has 0 aliphatic carbocycles. The van der Waals surface area contributed by atoms with Gasteiger partial charge in [0.1, 0.15) is 0 Å². The van der Waals surface area contributed by atoms with Crippen LogP contribution in [0.5, 0.6) is 0 Å². The zero-order chi connectivity index (χ0) is 10.7. The molecule has 82 valence electrons. The minimum absolute atomic E-state index is 0.0716. The van der Waals surface area contributed by atoms with Gasteiger partial charge in [0.15, 0.2) is 0 Å². The Balaban J connectivity index is 2.10. The number of morpholine rings is 1. The van der Waals surface area contributed by atoms with Crippen LogP contribution in [0.4, 0.5) is 0 Å². The molecule has 1 fully saturated rings. The van der Waals surface area contributed by atoms with Gasteiger partial charge < -0.3 is 10.1 Å². The lowest BCUT2D eigenvalue weighted by Crippen LogP contribution is -2.53. The predicted molar refractivity (Wildman–Crippen MR) is 65.1 cm³/mol. The summed E-state index contributed by atoms with van der Waals surface area (Å²) in [5, 5.41) is 3.53. The van der Waals surface area contributed by atoms with Crippen LogP contribution in [0.1, 0.15) is 12.5 Å². The van der Waals surface area contributed by atoms with Gasteiger partial charge in [0.2, 0.25) is 0 Å². The molecule has 1 aromatic rings. The van der Waals surface area contributed by atoms with Crippen molar-refractivity contribution in [3.8, 4) is 0 Å². The van der Waals surface area contributed by atoms with Crippen LogP contribution < -0.4 is 5.32 Å². The standard InChI is InChI=1S/C12H16BrNO/c1-12(9-15-7-6-14-12)8-10-4-2-3-5-11(10)13/h2-5,14H,6-9H2,1H3. The number of benzene rings is 1. The molecule has 0 spiro atoms. The largest absolute Gasteiger partial charge is 0.378 e. The lowest BCUT2D eigenvalue weighted by molar-refractivity contribution is 0.0355. The normalized spacial score (nSPS) is 26.5. The third-order valence-corrected chi connectivity index (χ3v) is 3.53. The van der Waals surface area contributed by atoms with E-state index in [0.717, 1.165) is 26.2 Å². The Morgan fingerprint density at radius 1 is 1.47 bits per heavy atom. The molecule has 0 aromatic heterocycles. The van der Waals surface area contributed by atoms with Crippen LogP contribution >= 0.6 is 15.9 Å². The maximum Gasteiger partial charge on any atom is 0.0649 e. The summed E-state index contributed by atoms with van der Waals surface area (Å²) in [5.74, 6) is 0. The fourth-order valence-corrected chi connectivity index (χ4v) is 2.37. The van der Waals surface area contributed by atoms with Crippen LogP contribution in [0, 0.1) is 0 Å². The van der Waals surface area contributed by atoms with E-state index < -0.39 is 0 Å². The molecule has 1 saturated heterocycles. The van der Waals surface area contributed by atoms with Crippen LogP contribution in [0.25, 0.3) is 0 Å². The van der Waals surface area contributed by atoms with E-state index >= 15 is 0 Å². The number of rotatable bonds is 2. The van der Waals surface area contributed by atoms with Crippen molar-refractivity contribution in [1.82, 2.24) is 5.32 Å². The molecule has 2 rings (SSSR count). The minimum atomic E-state index is 0.0716. The Kier molecular flexibility index (Phi) is 3.44. The molecule has 1 aliphatic heterocycles. The number of hydrogen-bond donors (Lipinski definition) is 1. The molecule has 1 heterocycles. The van der Waals surface area contributed by atoms with Crippen molar-refractivity contribution >= 4 is 15.9 Å². The lowest BCUT2D eigenvalue weighted by atomic mass is 9.93. The van der Waals surface area contributed by atoms with E-state index in [2.05, 4.69) is 46.4 Å². The highest BCUT2D eigenvalue weighted by Gasteiger charge is 2.27. The quantitative estimate of drug-likeness (QED) is 0.890. The first-order valence-electron chi connectivity index (χ1n) is 5.26. The third kappa shape index (κ3) is 2.80. The molecule has 1 N–H and O–H groups in total. The van der Waals surface area contributed by atoms with E-state index in [-0.39, 0.29) is 5.54 Å². The van der Waals surface area contributed by atoms with Gasteiger partial charge in [-0.1, -0.05) is 34.1 Å². The summed E-state index contributed by atoms with van der Waals surface area (Å²) in [6.45, 7) is 4.77. The number of ether oxygens (including phenoxy) is 1. The highest BCUT2D eigenvalue weighted by molar-refractivity contribution is 9.10. The summed E-state index contributed by atoms with van der Waals surface area (Å²) in [6.07, 6.45) is 0.994. The summed E-state index contributed by atoms with van der Waals surface area (Å²) >= 11 is 3.58. The van der Waals surface area contributed by atoms with E-state index in [1.807, 2.05) is 6.07 Å². The van der Waals surface area contributed by atoms with Crippen molar-refractivity contribution in [3.05, 3.63) is 34.3 Å². The van der Waals surface area contributed by atoms with E-state index in [1.165, 1.54) is 10.0 Å².